The topological polar surface area (TPSA) is 57.5 Å². The van der Waals surface area contributed by atoms with E-state index in [1.807, 2.05) is 36.4 Å². The number of fused-ring (bicyclic) bond motifs is 1. The minimum absolute atomic E-state index is 0.158. The fourth-order valence-electron chi connectivity index (χ4n) is 2.96. The Bertz CT molecular complexity index is 923. The van der Waals surface area contributed by atoms with E-state index in [-0.39, 0.29) is 10.8 Å². The molecule has 0 radical (unpaired) electrons. The number of benzene rings is 2. The molecule has 3 aromatic rings. The van der Waals surface area contributed by atoms with Crippen LogP contribution in [0, 0.1) is 0 Å². The molecule has 0 fully saturated rings. The Morgan fingerprint density at radius 2 is 1.59 bits per heavy atom. The van der Waals surface area contributed by atoms with Gasteiger partial charge < -0.3 is 5.11 Å². The van der Waals surface area contributed by atoms with Crippen molar-refractivity contribution < 1.29 is 5.11 Å². The van der Waals surface area contributed by atoms with Crippen LogP contribution in [0.4, 0.5) is 5.13 Å². The van der Waals surface area contributed by atoms with E-state index in [1.165, 1.54) is 0 Å². The molecule has 27 heavy (non-hydrogen) atoms. The van der Waals surface area contributed by atoms with Crippen LogP contribution in [0.1, 0.15) is 58.2 Å². The van der Waals surface area contributed by atoms with Gasteiger partial charge in [-0.05, 0) is 40.7 Å². The number of para-hydroxylation sites is 1. The summed E-state index contributed by atoms with van der Waals surface area (Å²) in [7, 11) is 0. The molecule has 1 heterocycles. The number of phenolic OH excluding ortho intramolecular Hbond substituents is 1. The third-order valence-electron chi connectivity index (χ3n) is 4.42. The highest BCUT2D eigenvalue weighted by Crippen LogP contribution is 2.39. The first kappa shape index (κ1) is 19.4. The lowest BCUT2D eigenvalue weighted by atomic mass is 9.78. The molecule has 0 atom stereocenters. The summed E-state index contributed by atoms with van der Waals surface area (Å²) >= 11 is 1.57. The van der Waals surface area contributed by atoms with E-state index in [0.717, 1.165) is 32.0 Å². The van der Waals surface area contributed by atoms with Crippen LogP contribution in [0.3, 0.4) is 0 Å². The number of hydrazone groups is 1. The van der Waals surface area contributed by atoms with Gasteiger partial charge in [-0.15, -0.1) is 0 Å². The van der Waals surface area contributed by atoms with Crippen LogP contribution >= 0.6 is 11.3 Å². The molecule has 2 N–H and O–H groups in total. The van der Waals surface area contributed by atoms with Crippen molar-refractivity contribution in [3.05, 3.63) is 53.1 Å². The molecule has 0 amide bonds. The molecular weight excluding hydrogens is 354 g/mol. The molecule has 0 saturated heterocycles. The monoisotopic (exact) mass is 381 g/mol. The molecule has 0 unspecified atom stereocenters. The number of thiazole rings is 1. The molecule has 1 aromatic heterocycles. The van der Waals surface area contributed by atoms with E-state index in [4.69, 9.17) is 0 Å². The van der Waals surface area contributed by atoms with Gasteiger partial charge >= 0.3 is 0 Å². The Morgan fingerprint density at radius 1 is 1.00 bits per heavy atom. The molecule has 0 saturated carbocycles. The quantitative estimate of drug-likeness (QED) is 0.429. The number of phenols is 1. The van der Waals surface area contributed by atoms with Crippen molar-refractivity contribution in [1.82, 2.24) is 4.98 Å². The zero-order valence-corrected chi connectivity index (χ0v) is 17.6. The van der Waals surface area contributed by atoms with Gasteiger partial charge in [0, 0.05) is 11.1 Å². The predicted octanol–water partition coefficient (Wildman–Crippen LogP) is 6.04. The Labute approximate surface area is 165 Å². The molecule has 0 spiro atoms. The number of aromatic hydroxyl groups is 1. The Kier molecular flexibility index (Phi) is 5.00. The maximum absolute atomic E-state index is 10.8. The Balaban J connectivity index is 1.92. The van der Waals surface area contributed by atoms with Gasteiger partial charge in [0.15, 0.2) is 0 Å². The predicted molar refractivity (Wildman–Crippen MR) is 116 cm³/mol. The summed E-state index contributed by atoms with van der Waals surface area (Å²) in [5.41, 5.74) is 6.49. The van der Waals surface area contributed by atoms with E-state index in [0.29, 0.717) is 5.75 Å². The molecule has 4 nitrogen and oxygen atoms in total. The van der Waals surface area contributed by atoms with Crippen LogP contribution < -0.4 is 5.43 Å². The second kappa shape index (κ2) is 6.97. The Hall–Kier alpha value is -2.40. The van der Waals surface area contributed by atoms with E-state index >= 15 is 0 Å². The fraction of sp³-hybridized carbons (Fsp3) is 0.364. The average molecular weight is 382 g/mol. The Morgan fingerprint density at radius 3 is 2.15 bits per heavy atom. The highest BCUT2D eigenvalue weighted by Gasteiger charge is 2.26. The average Bonchev–Trinajstić information content (AvgIpc) is 2.96. The second-order valence-corrected chi connectivity index (χ2v) is 9.85. The zero-order valence-electron chi connectivity index (χ0n) is 16.8. The van der Waals surface area contributed by atoms with Crippen LogP contribution in [-0.4, -0.2) is 16.3 Å². The molecule has 0 aliphatic rings. The van der Waals surface area contributed by atoms with Gasteiger partial charge in [0.25, 0.3) is 0 Å². The molecule has 5 heteroatoms. The molecule has 2 aromatic carbocycles. The number of rotatable bonds is 3. The molecule has 0 aliphatic carbocycles. The number of hydrogen-bond donors (Lipinski definition) is 2. The van der Waals surface area contributed by atoms with Crippen molar-refractivity contribution >= 4 is 32.9 Å². The minimum Gasteiger partial charge on any atom is -0.507 e. The standard InChI is InChI=1S/C22H27N3OS/c1-21(2,3)15-11-14(12-16(19(15)26)22(4,5)6)13-23-25-20-24-17-9-7-8-10-18(17)27-20/h7-13,26H,1-6H3,(H,24,25)/b23-13-. The summed E-state index contributed by atoms with van der Waals surface area (Å²) in [6.07, 6.45) is 1.79. The molecule has 142 valence electrons. The van der Waals surface area contributed by atoms with Gasteiger partial charge in [-0.1, -0.05) is 65.0 Å². The van der Waals surface area contributed by atoms with E-state index in [9.17, 15) is 5.11 Å². The first-order valence-corrected chi connectivity index (χ1v) is 9.90. The number of nitrogens with one attached hydrogen (secondary N) is 1. The van der Waals surface area contributed by atoms with Gasteiger partial charge in [-0.2, -0.15) is 5.10 Å². The van der Waals surface area contributed by atoms with Gasteiger partial charge in [-0.3, -0.25) is 5.43 Å². The second-order valence-electron chi connectivity index (χ2n) is 8.82. The van der Waals surface area contributed by atoms with E-state index in [2.05, 4.69) is 57.1 Å². The zero-order chi connectivity index (χ0) is 19.8. The van der Waals surface area contributed by atoms with Crippen LogP contribution in [0.5, 0.6) is 5.75 Å². The number of aromatic nitrogens is 1. The van der Waals surface area contributed by atoms with Crippen LogP contribution in [0.2, 0.25) is 0 Å². The largest absolute Gasteiger partial charge is 0.507 e. The lowest BCUT2D eigenvalue weighted by molar-refractivity contribution is 0.423. The van der Waals surface area contributed by atoms with Gasteiger partial charge in [0.05, 0.1) is 16.4 Å². The van der Waals surface area contributed by atoms with Crippen molar-refractivity contribution in [1.29, 1.82) is 0 Å². The fourth-order valence-corrected chi connectivity index (χ4v) is 3.77. The molecule has 0 bridgehead atoms. The summed E-state index contributed by atoms with van der Waals surface area (Å²) < 4.78 is 1.13. The SMILES string of the molecule is CC(C)(C)c1cc(/C=N\Nc2nc3ccccc3s2)cc(C(C)(C)C)c1O. The first-order chi connectivity index (χ1) is 12.6. The van der Waals surface area contributed by atoms with Crippen LogP contribution in [0.15, 0.2) is 41.5 Å². The maximum Gasteiger partial charge on any atom is 0.204 e. The maximum atomic E-state index is 10.8. The van der Waals surface area contributed by atoms with Gasteiger partial charge in [0.2, 0.25) is 5.13 Å². The van der Waals surface area contributed by atoms with Crippen molar-refractivity contribution in [2.45, 2.75) is 52.4 Å². The van der Waals surface area contributed by atoms with Crippen LogP contribution in [-0.2, 0) is 10.8 Å². The molecule has 0 aliphatic heterocycles. The van der Waals surface area contributed by atoms with E-state index in [1.54, 1.807) is 17.6 Å². The van der Waals surface area contributed by atoms with Gasteiger partial charge in [0.1, 0.15) is 5.75 Å². The summed E-state index contributed by atoms with van der Waals surface area (Å²) in [4.78, 5) is 4.53. The summed E-state index contributed by atoms with van der Waals surface area (Å²) in [6.45, 7) is 12.6. The third kappa shape index (κ3) is 4.30. The highest BCUT2D eigenvalue weighted by molar-refractivity contribution is 7.22. The van der Waals surface area contributed by atoms with Crippen molar-refractivity contribution in [2.75, 3.05) is 5.43 Å². The number of hydrogen-bond acceptors (Lipinski definition) is 5. The van der Waals surface area contributed by atoms with E-state index < -0.39 is 0 Å². The summed E-state index contributed by atoms with van der Waals surface area (Å²) in [6, 6.07) is 12.0. The first-order valence-electron chi connectivity index (χ1n) is 9.08. The summed E-state index contributed by atoms with van der Waals surface area (Å²) in [5, 5.41) is 15.9. The molecular formula is C22H27N3OS. The minimum atomic E-state index is -0.158. The number of nitrogens with zero attached hydrogens (tertiary/aromatic N) is 2. The van der Waals surface area contributed by atoms with Crippen molar-refractivity contribution in [2.24, 2.45) is 5.10 Å². The highest BCUT2D eigenvalue weighted by atomic mass is 32.1. The van der Waals surface area contributed by atoms with Crippen molar-refractivity contribution in [3.8, 4) is 5.75 Å². The number of anilines is 1. The van der Waals surface area contributed by atoms with Crippen LogP contribution in [0.25, 0.3) is 10.2 Å². The molecule has 3 rings (SSSR count). The smallest absolute Gasteiger partial charge is 0.204 e. The van der Waals surface area contributed by atoms with Gasteiger partial charge in [-0.25, -0.2) is 4.98 Å². The normalized spacial score (nSPS) is 12.8. The third-order valence-corrected chi connectivity index (χ3v) is 5.36. The summed E-state index contributed by atoms with van der Waals surface area (Å²) in [5.74, 6) is 0.381. The van der Waals surface area contributed by atoms with Crippen molar-refractivity contribution in [3.63, 3.8) is 0 Å². The lowest BCUT2D eigenvalue weighted by Gasteiger charge is -2.27. The lowest BCUT2D eigenvalue weighted by Crippen LogP contribution is -2.17.